The summed E-state index contributed by atoms with van der Waals surface area (Å²) in [6.07, 6.45) is 1.33. The molecule has 14 heavy (non-hydrogen) atoms. The van der Waals surface area contributed by atoms with Crippen LogP contribution in [0.2, 0.25) is 5.15 Å². The van der Waals surface area contributed by atoms with Gasteiger partial charge in [-0.15, -0.1) is 0 Å². The van der Waals surface area contributed by atoms with Crippen molar-refractivity contribution in [2.45, 2.75) is 0 Å². The number of ether oxygens (including phenoxy) is 1. The summed E-state index contributed by atoms with van der Waals surface area (Å²) in [5.74, 6) is -0.459. The van der Waals surface area contributed by atoms with Gasteiger partial charge in [0.1, 0.15) is 17.0 Å². The molecule has 2 heterocycles. The van der Waals surface area contributed by atoms with Gasteiger partial charge in [-0.2, -0.15) is 5.10 Å². The zero-order chi connectivity index (χ0) is 10.1. The fourth-order valence-corrected chi connectivity index (χ4v) is 1.33. The first-order valence-corrected chi connectivity index (χ1v) is 4.18. The first-order chi connectivity index (χ1) is 6.74. The Labute approximate surface area is 84.3 Å². The second-order valence-electron chi connectivity index (χ2n) is 2.56. The fourth-order valence-electron chi connectivity index (χ4n) is 1.15. The van der Waals surface area contributed by atoms with E-state index in [-0.39, 0.29) is 0 Å². The molecule has 0 fully saturated rings. The van der Waals surface area contributed by atoms with Crippen molar-refractivity contribution in [1.82, 2.24) is 14.6 Å². The first-order valence-electron chi connectivity index (χ1n) is 3.80. The van der Waals surface area contributed by atoms with Crippen LogP contribution in [0.25, 0.3) is 5.65 Å². The SMILES string of the molecule is COC(=O)c1ccc(Cl)n2ncnc12. The second kappa shape index (κ2) is 3.26. The van der Waals surface area contributed by atoms with Crippen LogP contribution >= 0.6 is 11.6 Å². The van der Waals surface area contributed by atoms with Gasteiger partial charge in [-0.25, -0.2) is 14.3 Å². The highest BCUT2D eigenvalue weighted by Crippen LogP contribution is 2.15. The molecule has 0 N–H and O–H groups in total. The average Bonchev–Trinajstić information content (AvgIpc) is 2.67. The number of halogens is 1. The van der Waals surface area contributed by atoms with Crippen LogP contribution in [0.5, 0.6) is 0 Å². The molecule has 2 aromatic heterocycles. The van der Waals surface area contributed by atoms with E-state index < -0.39 is 5.97 Å². The minimum atomic E-state index is -0.459. The van der Waals surface area contributed by atoms with Crippen LogP contribution in [0.1, 0.15) is 10.4 Å². The van der Waals surface area contributed by atoms with E-state index in [0.717, 1.165) is 0 Å². The maximum Gasteiger partial charge on any atom is 0.341 e. The van der Waals surface area contributed by atoms with E-state index in [1.807, 2.05) is 0 Å². The molecule has 0 saturated carbocycles. The Morgan fingerprint density at radius 3 is 3.07 bits per heavy atom. The van der Waals surface area contributed by atoms with Crippen molar-refractivity contribution in [2.75, 3.05) is 7.11 Å². The van der Waals surface area contributed by atoms with Crippen molar-refractivity contribution in [3.05, 3.63) is 29.2 Å². The molecule has 2 rings (SSSR count). The van der Waals surface area contributed by atoms with Gasteiger partial charge < -0.3 is 4.74 Å². The van der Waals surface area contributed by atoms with Gasteiger partial charge in [0.25, 0.3) is 0 Å². The molecule has 0 bridgehead atoms. The molecule has 0 amide bonds. The van der Waals surface area contributed by atoms with Crippen molar-refractivity contribution >= 4 is 23.2 Å². The van der Waals surface area contributed by atoms with E-state index >= 15 is 0 Å². The van der Waals surface area contributed by atoms with Gasteiger partial charge in [-0.3, -0.25) is 0 Å². The van der Waals surface area contributed by atoms with Crippen LogP contribution in [0.15, 0.2) is 18.5 Å². The largest absolute Gasteiger partial charge is 0.465 e. The number of methoxy groups -OCH3 is 1. The van der Waals surface area contributed by atoms with Crippen molar-refractivity contribution in [2.24, 2.45) is 0 Å². The fraction of sp³-hybridized carbons (Fsp3) is 0.125. The van der Waals surface area contributed by atoms with Crippen LogP contribution in [0.3, 0.4) is 0 Å². The number of esters is 1. The molecule has 0 atom stereocenters. The molecule has 0 aliphatic heterocycles. The maximum atomic E-state index is 11.3. The molecule has 0 spiro atoms. The third-order valence-electron chi connectivity index (χ3n) is 1.78. The summed E-state index contributed by atoms with van der Waals surface area (Å²) in [4.78, 5) is 15.2. The van der Waals surface area contributed by atoms with Gasteiger partial charge in [-0.1, -0.05) is 11.6 Å². The van der Waals surface area contributed by atoms with Crippen molar-refractivity contribution in [3.63, 3.8) is 0 Å². The Balaban J connectivity index is 2.72. The zero-order valence-corrected chi connectivity index (χ0v) is 8.02. The van der Waals surface area contributed by atoms with E-state index in [9.17, 15) is 4.79 Å². The Morgan fingerprint density at radius 1 is 1.57 bits per heavy atom. The van der Waals surface area contributed by atoms with E-state index in [0.29, 0.717) is 16.4 Å². The number of carbonyl (C=O) groups is 1. The lowest BCUT2D eigenvalue weighted by molar-refractivity contribution is 0.0602. The number of pyridine rings is 1. The highest BCUT2D eigenvalue weighted by molar-refractivity contribution is 6.29. The lowest BCUT2D eigenvalue weighted by atomic mass is 10.3. The van der Waals surface area contributed by atoms with Crippen LogP contribution in [-0.4, -0.2) is 27.7 Å². The second-order valence-corrected chi connectivity index (χ2v) is 2.94. The normalized spacial score (nSPS) is 10.4. The van der Waals surface area contributed by atoms with Crippen LogP contribution in [0, 0.1) is 0 Å². The number of hydrogen-bond acceptors (Lipinski definition) is 4. The van der Waals surface area contributed by atoms with Crippen LogP contribution in [0.4, 0.5) is 0 Å². The molecule has 2 aromatic rings. The molecule has 0 aromatic carbocycles. The van der Waals surface area contributed by atoms with Gasteiger partial charge in [0.15, 0.2) is 5.65 Å². The highest BCUT2D eigenvalue weighted by atomic mass is 35.5. The summed E-state index contributed by atoms with van der Waals surface area (Å²) in [5, 5.41) is 4.26. The molecule has 0 saturated heterocycles. The highest BCUT2D eigenvalue weighted by Gasteiger charge is 2.13. The number of nitrogens with zero attached hydrogens (tertiary/aromatic N) is 3. The predicted molar refractivity (Wildman–Crippen MR) is 49.3 cm³/mol. The Morgan fingerprint density at radius 2 is 2.36 bits per heavy atom. The zero-order valence-electron chi connectivity index (χ0n) is 7.27. The molecule has 72 valence electrons. The Hall–Kier alpha value is -1.62. The standard InChI is InChI=1S/C8H6ClN3O2/c1-14-8(13)5-2-3-6(9)12-7(5)10-4-11-12/h2-4H,1H3. The van der Waals surface area contributed by atoms with Crippen molar-refractivity contribution < 1.29 is 9.53 Å². The molecule has 0 aliphatic carbocycles. The summed E-state index contributed by atoms with van der Waals surface area (Å²) in [7, 11) is 1.31. The summed E-state index contributed by atoms with van der Waals surface area (Å²) in [6, 6.07) is 3.12. The summed E-state index contributed by atoms with van der Waals surface area (Å²) in [5.41, 5.74) is 0.735. The Bertz CT molecular complexity index is 494. The van der Waals surface area contributed by atoms with E-state index in [1.165, 1.54) is 18.0 Å². The van der Waals surface area contributed by atoms with Gasteiger partial charge in [0.05, 0.1) is 7.11 Å². The number of fused-ring (bicyclic) bond motifs is 1. The molecule has 6 heteroatoms. The molecular weight excluding hydrogens is 206 g/mol. The van der Waals surface area contributed by atoms with Gasteiger partial charge in [0.2, 0.25) is 0 Å². The van der Waals surface area contributed by atoms with Gasteiger partial charge >= 0.3 is 5.97 Å². The number of rotatable bonds is 1. The molecule has 0 unspecified atom stereocenters. The summed E-state index contributed by atoms with van der Waals surface area (Å²) in [6.45, 7) is 0. The molecule has 5 nitrogen and oxygen atoms in total. The molecule has 0 radical (unpaired) electrons. The predicted octanol–water partition coefficient (Wildman–Crippen LogP) is 1.17. The summed E-state index contributed by atoms with van der Waals surface area (Å²) < 4.78 is 5.96. The Kier molecular flexibility index (Phi) is 2.09. The molecular formula is C8H6ClN3O2. The third-order valence-corrected chi connectivity index (χ3v) is 2.07. The number of hydrogen-bond donors (Lipinski definition) is 0. The van der Waals surface area contributed by atoms with Gasteiger partial charge in [0, 0.05) is 0 Å². The summed E-state index contributed by atoms with van der Waals surface area (Å²) >= 11 is 5.83. The average molecular weight is 212 g/mol. The monoisotopic (exact) mass is 211 g/mol. The van der Waals surface area contributed by atoms with Crippen molar-refractivity contribution in [3.8, 4) is 0 Å². The third kappa shape index (κ3) is 1.22. The first kappa shape index (κ1) is 8.96. The maximum absolute atomic E-state index is 11.3. The lowest BCUT2D eigenvalue weighted by Crippen LogP contribution is -2.05. The van der Waals surface area contributed by atoms with E-state index in [2.05, 4.69) is 14.8 Å². The smallest absolute Gasteiger partial charge is 0.341 e. The van der Waals surface area contributed by atoms with E-state index in [1.54, 1.807) is 12.1 Å². The topological polar surface area (TPSA) is 56.5 Å². The number of aromatic nitrogens is 3. The van der Waals surface area contributed by atoms with E-state index in [4.69, 9.17) is 11.6 Å². The van der Waals surface area contributed by atoms with Crippen LogP contribution < -0.4 is 0 Å². The lowest BCUT2D eigenvalue weighted by Gasteiger charge is -2.01. The van der Waals surface area contributed by atoms with Gasteiger partial charge in [-0.05, 0) is 12.1 Å². The minimum absolute atomic E-state index is 0.342. The number of carbonyl (C=O) groups excluding carboxylic acids is 1. The quantitative estimate of drug-likeness (QED) is 0.525. The molecule has 0 aliphatic rings. The minimum Gasteiger partial charge on any atom is -0.465 e. The van der Waals surface area contributed by atoms with Crippen molar-refractivity contribution in [1.29, 1.82) is 0 Å². The van der Waals surface area contributed by atoms with Crippen LogP contribution in [-0.2, 0) is 4.74 Å².